The molecule has 0 radical (unpaired) electrons. The van der Waals surface area contributed by atoms with Gasteiger partial charge in [0.05, 0.1) is 32.4 Å². The normalized spacial score (nSPS) is 18.9. The van der Waals surface area contributed by atoms with Crippen molar-refractivity contribution in [3.63, 3.8) is 0 Å². The number of allylic oxidation sites excluding steroid dienone is 17. The Bertz CT molecular complexity index is 1180. The van der Waals surface area contributed by atoms with Gasteiger partial charge in [-0.1, -0.05) is 200 Å². The van der Waals surface area contributed by atoms with Crippen LogP contribution in [0.2, 0.25) is 0 Å². The summed E-state index contributed by atoms with van der Waals surface area (Å²) >= 11 is 0. The molecule has 0 aliphatic heterocycles. The number of rotatable bonds is 31. The Morgan fingerprint density at radius 3 is 1.80 bits per heavy atom. The average Bonchev–Trinajstić information content (AvgIpc) is 3.93. The van der Waals surface area contributed by atoms with Gasteiger partial charge in [0, 0.05) is 27.4 Å². The molecule has 0 aromatic heterocycles. The average molecular weight is 871 g/mol. The van der Waals surface area contributed by atoms with Gasteiger partial charge >= 0.3 is 0 Å². The van der Waals surface area contributed by atoms with E-state index in [1.54, 1.807) is 0 Å². The third kappa shape index (κ3) is 37.6. The van der Waals surface area contributed by atoms with E-state index in [0.717, 1.165) is 69.8 Å². The fourth-order valence-corrected chi connectivity index (χ4v) is 7.19. The van der Waals surface area contributed by atoms with E-state index in [9.17, 15) is 0 Å². The van der Waals surface area contributed by atoms with Crippen molar-refractivity contribution in [2.75, 3.05) is 6.61 Å². The summed E-state index contributed by atoms with van der Waals surface area (Å²) in [6.45, 7) is 7.31. The van der Waals surface area contributed by atoms with Gasteiger partial charge < -0.3 is 18.1 Å². The highest BCUT2D eigenvalue weighted by Gasteiger charge is 2.33. The number of hydrogen-bond acceptors (Lipinski definition) is 4. The second-order valence-electron chi connectivity index (χ2n) is 12.6. The molecule has 1 rings (SSSR count). The monoisotopic (exact) mass is 870 g/mol. The van der Waals surface area contributed by atoms with Crippen molar-refractivity contribution in [1.82, 2.24) is 0 Å². The Kier molecular flexibility index (Phi) is 42.6. The molecule has 0 aromatic carbocycles. The van der Waals surface area contributed by atoms with Crippen LogP contribution in [0, 0.1) is 11.8 Å². The molecule has 0 amide bonds. The van der Waals surface area contributed by atoms with Crippen LogP contribution in [-0.4, -0.2) is 24.9 Å². The first-order chi connectivity index (χ1) is 26.4. The SMILES string of the molecule is CCCC(/C=C/C=C\C/C=C\C/C=C\C=C\C(C/C=C\CCOP(P)P)OPP)OP.CCCCC1CC1/C=C/C=C/C=C\C/C=C\C=C\C(CC)OP. The first-order valence-electron chi connectivity index (χ1n) is 19.5. The molecule has 1 saturated carbocycles. The Morgan fingerprint density at radius 2 is 1.24 bits per heavy atom. The molecule has 0 N–H and O–H groups in total. The molecule has 1 aliphatic rings. The van der Waals surface area contributed by atoms with E-state index in [1.807, 2.05) is 0 Å². The van der Waals surface area contributed by atoms with Crippen molar-refractivity contribution >= 4 is 61.7 Å². The lowest BCUT2D eigenvalue weighted by atomic mass is 10.1. The van der Waals surface area contributed by atoms with Crippen LogP contribution in [0.1, 0.15) is 97.8 Å². The molecule has 0 heterocycles. The maximum atomic E-state index is 5.76. The maximum Gasteiger partial charge on any atom is 0.0836 e. The third-order valence-corrected chi connectivity index (χ3v) is 11.0. The van der Waals surface area contributed by atoms with Gasteiger partial charge in [0.25, 0.3) is 0 Å². The number of hydrogen-bond donors (Lipinski definition) is 0. The van der Waals surface area contributed by atoms with E-state index >= 15 is 0 Å². The summed E-state index contributed by atoms with van der Waals surface area (Å²) in [6, 6.07) is 0. The van der Waals surface area contributed by atoms with E-state index in [1.165, 1.54) is 25.7 Å². The first kappa shape index (κ1) is 54.0. The number of unbranched alkanes of at least 4 members (excludes halogenated alkanes) is 1. The second-order valence-corrected chi connectivity index (χ2v) is 20.2. The summed E-state index contributed by atoms with van der Waals surface area (Å²) in [6.07, 6.45) is 60.8. The van der Waals surface area contributed by atoms with E-state index < -0.39 is 7.53 Å². The molecule has 54 heavy (non-hydrogen) atoms. The highest BCUT2D eigenvalue weighted by Crippen LogP contribution is 2.53. The lowest BCUT2D eigenvalue weighted by Gasteiger charge is -2.09. The zero-order valence-corrected chi connectivity index (χ0v) is 40.9. The molecule has 0 spiro atoms. The van der Waals surface area contributed by atoms with Crippen molar-refractivity contribution in [3.8, 4) is 0 Å². The largest absolute Gasteiger partial charge is 0.358 e. The minimum Gasteiger partial charge on any atom is -0.358 e. The van der Waals surface area contributed by atoms with Crippen LogP contribution >= 0.6 is 61.7 Å². The third-order valence-electron chi connectivity index (χ3n) is 8.04. The molecular weight excluding hydrogens is 797 g/mol. The highest BCUT2D eigenvalue weighted by molar-refractivity contribution is 8.41. The Balaban J connectivity index is 0.00000108. The summed E-state index contributed by atoms with van der Waals surface area (Å²) in [7, 11) is 12.6. The molecule has 11 atom stereocenters. The maximum absolute atomic E-state index is 5.76. The molecule has 0 saturated heterocycles. The van der Waals surface area contributed by atoms with Crippen LogP contribution in [0.4, 0.5) is 0 Å². The van der Waals surface area contributed by atoms with Crippen LogP contribution in [0.15, 0.2) is 134 Å². The van der Waals surface area contributed by atoms with Gasteiger partial charge in [-0.15, -0.1) is 0 Å². The predicted molar refractivity (Wildman–Crippen MR) is 264 cm³/mol. The molecular formula is C43H73O4P7. The van der Waals surface area contributed by atoms with Crippen molar-refractivity contribution in [2.45, 2.75) is 116 Å². The Morgan fingerprint density at radius 1 is 0.667 bits per heavy atom. The lowest BCUT2D eigenvalue weighted by molar-refractivity contribution is 0.279. The van der Waals surface area contributed by atoms with Crippen LogP contribution in [0.25, 0.3) is 0 Å². The van der Waals surface area contributed by atoms with Crippen molar-refractivity contribution in [3.05, 3.63) is 134 Å². The van der Waals surface area contributed by atoms with Gasteiger partial charge in [-0.05, 0) is 69.6 Å². The van der Waals surface area contributed by atoms with E-state index in [0.29, 0.717) is 8.50 Å². The van der Waals surface area contributed by atoms with Gasteiger partial charge in [-0.2, -0.15) is 0 Å². The topological polar surface area (TPSA) is 36.9 Å². The van der Waals surface area contributed by atoms with Crippen molar-refractivity contribution < 1.29 is 18.1 Å². The van der Waals surface area contributed by atoms with Gasteiger partial charge in [0.2, 0.25) is 0 Å². The first-order valence-corrected chi connectivity index (χ1v) is 27.7. The molecule has 304 valence electrons. The fourth-order valence-electron chi connectivity index (χ4n) is 4.86. The molecule has 1 fully saturated rings. The van der Waals surface area contributed by atoms with Crippen LogP contribution in [0.5, 0.6) is 0 Å². The van der Waals surface area contributed by atoms with Gasteiger partial charge in [-0.25, -0.2) is 0 Å². The molecule has 0 aromatic rings. The molecule has 4 nitrogen and oxygen atoms in total. The summed E-state index contributed by atoms with van der Waals surface area (Å²) in [4.78, 5) is 0. The van der Waals surface area contributed by atoms with Crippen LogP contribution in [-0.2, 0) is 18.1 Å². The molecule has 0 bridgehead atoms. The Labute approximate surface area is 346 Å². The van der Waals surface area contributed by atoms with Crippen molar-refractivity contribution in [2.24, 2.45) is 11.8 Å². The van der Waals surface area contributed by atoms with E-state index in [-0.39, 0.29) is 18.3 Å². The highest BCUT2D eigenvalue weighted by atomic mass is 32.4. The zero-order chi connectivity index (χ0) is 39.7. The van der Waals surface area contributed by atoms with Crippen LogP contribution in [0.3, 0.4) is 0 Å². The molecule has 1 aliphatic carbocycles. The Hall–Kier alpha value is -0.01000. The summed E-state index contributed by atoms with van der Waals surface area (Å²) in [5, 5.41) is 0. The fraction of sp³-hybridized carbons (Fsp3) is 0.488. The standard InChI is InChI=1S/C22H40O3P6.C21H33OP/c1-2-16-21(24-26)17-12-9-7-5-3-4-6-8-10-13-18-22(25-30-27)19-14-11-15-20-23-31(28)29;1-3-5-15-19-18-20(19)16-13-11-9-7-6-8-10-12-14-17-21(4-2)22-23/h3-4,7-14,17-18,21-22,30H,2,5-6,15-16,19-20,26-29H2,1H3;6-7,9-14,16-17,19-21H,3-5,8,15,18,23H2,1-2H3/b4-3-,9-7-,10-8-,14-11-,17-12+,18-13+;7-6-,11-9+,12-10-,16-13+,17-14+. The minimum atomic E-state index is -0.425. The smallest absolute Gasteiger partial charge is 0.0836 e. The second kappa shape index (κ2) is 42.6. The quantitative estimate of drug-likeness (QED) is 0.0301. The predicted octanol–water partition coefficient (Wildman–Crippen LogP) is 15.2. The van der Waals surface area contributed by atoms with Gasteiger partial charge in [0.1, 0.15) is 0 Å². The van der Waals surface area contributed by atoms with E-state index in [2.05, 4.69) is 200 Å². The lowest BCUT2D eigenvalue weighted by Crippen LogP contribution is -2.01. The van der Waals surface area contributed by atoms with Gasteiger partial charge in [0.15, 0.2) is 0 Å². The van der Waals surface area contributed by atoms with Crippen molar-refractivity contribution in [1.29, 1.82) is 0 Å². The summed E-state index contributed by atoms with van der Waals surface area (Å²) < 4.78 is 21.8. The molecule has 11 heteroatoms. The van der Waals surface area contributed by atoms with E-state index in [4.69, 9.17) is 18.1 Å². The van der Waals surface area contributed by atoms with Crippen LogP contribution < -0.4 is 0 Å². The molecule has 11 unspecified atom stereocenters. The van der Waals surface area contributed by atoms with Gasteiger partial charge in [-0.3, -0.25) is 0 Å². The zero-order valence-electron chi connectivity index (χ0n) is 33.2. The minimum absolute atomic E-state index is 0.112. The summed E-state index contributed by atoms with van der Waals surface area (Å²) in [5.74, 6) is 1.82. The summed E-state index contributed by atoms with van der Waals surface area (Å²) in [5.41, 5.74) is 0.